The van der Waals surface area contributed by atoms with Crippen molar-refractivity contribution in [2.45, 2.75) is 31.9 Å². The van der Waals surface area contributed by atoms with Crippen molar-refractivity contribution in [1.29, 1.82) is 0 Å². The molecule has 0 aliphatic heterocycles. The molecule has 0 unspecified atom stereocenters. The van der Waals surface area contributed by atoms with Crippen molar-refractivity contribution in [1.82, 2.24) is 4.98 Å². The molecule has 0 spiro atoms. The van der Waals surface area contributed by atoms with Gasteiger partial charge in [-0.3, -0.25) is 0 Å². The summed E-state index contributed by atoms with van der Waals surface area (Å²) in [6, 6.07) is 0.326. The summed E-state index contributed by atoms with van der Waals surface area (Å²) in [4.78, 5) is 4.22. The van der Waals surface area contributed by atoms with Crippen LogP contribution in [0, 0.1) is 6.92 Å². The van der Waals surface area contributed by atoms with Gasteiger partial charge in [0.05, 0.1) is 22.5 Å². The SMILES string of the molecule is Cc1c(N)cnc(NC2CC(O)C2)c1Br. The highest BCUT2D eigenvalue weighted by Crippen LogP contribution is 2.31. The fourth-order valence-corrected chi connectivity index (χ4v) is 2.04. The number of halogens is 1. The number of nitrogens with two attached hydrogens (primary N) is 1. The van der Waals surface area contributed by atoms with E-state index in [1.54, 1.807) is 6.20 Å². The van der Waals surface area contributed by atoms with Crippen LogP contribution in [0.1, 0.15) is 18.4 Å². The first-order valence-corrected chi connectivity index (χ1v) is 5.72. The lowest BCUT2D eigenvalue weighted by Gasteiger charge is -2.32. The van der Waals surface area contributed by atoms with Gasteiger partial charge in [0, 0.05) is 6.04 Å². The third-order valence-corrected chi connectivity index (χ3v) is 3.73. The Morgan fingerprint density at radius 1 is 1.60 bits per heavy atom. The van der Waals surface area contributed by atoms with Gasteiger partial charge < -0.3 is 16.2 Å². The van der Waals surface area contributed by atoms with E-state index in [-0.39, 0.29) is 6.10 Å². The molecule has 0 atom stereocenters. The van der Waals surface area contributed by atoms with Gasteiger partial charge in [-0.2, -0.15) is 0 Å². The summed E-state index contributed by atoms with van der Waals surface area (Å²) in [7, 11) is 0. The first kappa shape index (κ1) is 10.7. The van der Waals surface area contributed by atoms with E-state index in [0.717, 1.165) is 28.7 Å². The van der Waals surface area contributed by atoms with Crippen LogP contribution in [0.4, 0.5) is 11.5 Å². The Hall–Kier alpha value is -0.810. The van der Waals surface area contributed by atoms with Crippen LogP contribution in [-0.2, 0) is 0 Å². The highest BCUT2D eigenvalue weighted by molar-refractivity contribution is 9.10. The number of aliphatic hydroxyl groups is 1. The van der Waals surface area contributed by atoms with Gasteiger partial charge in [0.1, 0.15) is 5.82 Å². The molecule has 5 heteroatoms. The van der Waals surface area contributed by atoms with Crippen LogP contribution in [-0.4, -0.2) is 22.2 Å². The maximum absolute atomic E-state index is 9.17. The lowest BCUT2D eigenvalue weighted by Crippen LogP contribution is -2.39. The van der Waals surface area contributed by atoms with Crippen LogP contribution < -0.4 is 11.1 Å². The molecule has 1 aromatic rings. The summed E-state index contributed by atoms with van der Waals surface area (Å²) in [6.07, 6.45) is 3.07. The quantitative estimate of drug-likeness (QED) is 0.765. The fraction of sp³-hybridized carbons (Fsp3) is 0.500. The van der Waals surface area contributed by atoms with Gasteiger partial charge in [0.15, 0.2) is 0 Å². The maximum Gasteiger partial charge on any atom is 0.140 e. The largest absolute Gasteiger partial charge is 0.397 e. The Morgan fingerprint density at radius 2 is 2.27 bits per heavy atom. The number of anilines is 2. The van der Waals surface area contributed by atoms with E-state index in [2.05, 4.69) is 26.2 Å². The average Bonchev–Trinajstić information content (AvgIpc) is 2.16. The fourth-order valence-electron chi connectivity index (χ4n) is 1.59. The number of aromatic nitrogens is 1. The summed E-state index contributed by atoms with van der Waals surface area (Å²) in [5, 5.41) is 12.4. The Kier molecular flexibility index (Phi) is 2.84. The van der Waals surface area contributed by atoms with Crippen LogP contribution in [0.5, 0.6) is 0 Å². The number of nitrogens with zero attached hydrogens (tertiary/aromatic N) is 1. The molecule has 1 saturated carbocycles. The van der Waals surface area contributed by atoms with Gasteiger partial charge in [0.2, 0.25) is 0 Å². The zero-order valence-corrected chi connectivity index (χ0v) is 10.1. The monoisotopic (exact) mass is 271 g/mol. The summed E-state index contributed by atoms with van der Waals surface area (Å²) in [5.74, 6) is 0.804. The second kappa shape index (κ2) is 3.98. The number of nitrogens with one attached hydrogen (secondary N) is 1. The molecular weight excluding hydrogens is 258 g/mol. The zero-order chi connectivity index (χ0) is 11.0. The normalized spacial score (nSPS) is 24.7. The lowest BCUT2D eigenvalue weighted by molar-refractivity contribution is 0.0835. The van der Waals surface area contributed by atoms with Crippen LogP contribution >= 0.6 is 15.9 Å². The van der Waals surface area contributed by atoms with Crippen LogP contribution in [0.25, 0.3) is 0 Å². The minimum absolute atomic E-state index is 0.156. The molecule has 0 radical (unpaired) electrons. The Labute approximate surface area is 97.0 Å². The van der Waals surface area contributed by atoms with Gasteiger partial charge in [-0.25, -0.2) is 4.98 Å². The lowest BCUT2D eigenvalue weighted by atomic mass is 9.89. The molecule has 82 valence electrons. The first-order chi connectivity index (χ1) is 7.08. The van der Waals surface area contributed by atoms with Crippen molar-refractivity contribution >= 4 is 27.4 Å². The number of pyridine rings is 1. The molecule has 4 nitrogen and oxygen atoms in total. The second-order valence-electron chi connectivity index (χ2n) is 3.97. The molecule has 1 fully saturated rings. The molecule has 0 aromatic carbocycles. The van der Waals surface area contributed by atoms with Crippen LogP contribution in [0.15, 0.2) is 10.7 Å². The number of hydrogen-bond acceptors (Lipinski definition) is 4. The van der Waals surface area contributed by atoms with Crippen molar-refractivity contribution in [3.05, 3.63) is 16.2 Å². The van der Waals surface area contributed by atoms with Gasteiger partial charge in [-0.15, -0.1) is 0 Å². The van der Waals surface area contributed by atoms with Gasteiger partial charge in [-0.05, 0) is 41.3 Å². The van der Waals surface area contributed by atoms with Crippen molar-refractivity contribution in [2.75, 3.05) is 11.1 Å². The molecule has 1 aliphatic rings. The Balaban J connectivity index is 2.12. The standard InChI is InChI=1S/C10H14BrN3O/c1-5-8(12)4-13-10(9(5)11)14-6-2-7(15)3-6/h4,6-7,15H,2-3,12H2,1H3,(H,13,14). The minimum Gasteiger partial charge on any atom is -0.397 e. The molecule has 0 saturated heterocycles. The maximum atomic E-state index is 9.17. The number of hydrogen-bond donors (Lipinski definition) is 3. The first-order valence-electron chi connectivity index (χ1n) is 4.93. The van der Waals surface area contributed by atoms with Crippen LogP contribution in [0.2, 0.25) is 0 Å². The van der Waals surface area contributed by atoms with E-state index in [9.17, 15) is 5.11 Å². The second-order valence-corrected chi connectivity index (χ2v) is 4.76. The van der Waals surface area contributed by atoms with Crippen molar-refractivity contribution in [2.24, 2.45) is 0 Å². The van der Waals surface area contributed by atoms with Gasteiger partial charge >= 0.3 is 0 Å². The van der Waals surface area contributed by atoms with E-state index in [1.807, 2.05) is 6.92 Å². The molecular formula is C10H14BrN3O. The highest BCUT2D eigenvalue weighted by Gasteiger charge is 2.27. The Bertz CT molecular complexity index is 377. The van der Waals surface area contributed by atoms with Crippen molar-refractivity contribution in [3.8, 4) is 0 Å². The summed E-state index contributed by atoms with van der Waals surface area (Å²) in [6.45, 7) is 1.95. The minimum atomic E-state index is -0.156. The number of nitrogen functional groups attached to an aromatic ring is 1. The van der Waals surface area contributed by atoms with Crippen LogP contribution in [0.3, 0.4) is 0 Å². The molecule has 15 heavy (non-hydrogen) atoms. The average molecular weight is 272 g/mol. The molecule has 1 aromatic heterocycles. The van der Waals surface area contributed by atoms with Crippen molar-refractivity contribution < 1.29 is 5.11 Å². The van der Waals surface area contributed by atoms with E-state index in [4.69, 9.17) is 5.73 Å². The third-order valence-electron chi connectivity index (χ3n) is 2.76. The molecule has 4 N–H and O–H groups in total. The Morgan fingerprint density at radius 3 is 2.87 bits per heavy atom. The number of rotatable bonds is 2. The van der Waals surface area contributed by atoms with E-state index >= 15 is 0 Å². The zero-order valence-electron chi connectivity index (χ0n) is 8.50. The highest BCUT2D eigenvalue weighted by atomic mass is 79.9. The smallest absolute Gasteiger partial charge is 0.140 e. The van der Waals surface area contributed by atoms with Crippen molar-refractivity contribution in [3.63, 3.8) is 0 Å². The van der Waals surface area contributed by atoms with Gasteiger partial charge in [0.25, 0.3) is 0 Å². The summed E-state index contributed by atoms with van der Waals surface area (Å²) < 4.78 is 0.906. The predicted octanol–water partition coefficient (Wildman–Crippen LogP) is 1.67. The molecule has 0 amide bonds. The van der Waals surface area contributed by atoms with Gasteiger partial charge in [-0.1, -0.05) is 0 Å². The predicted molar refractivity (Wildman–Crippen MR) is 63.7 cm³/mol. The molecule has 1 aliphatic carbocycles. The topological polar surface area (TPSA) is 71.2 Å². The van der Waals surface area contributed by atoms with E-state index < -0.39 is 0 Å². The van der Waals surface area contributed by atoms with E-state index in [1.165, 1.54) is 0 Å². The molecule has 2 rings (SSSR count). The molecule has 1 heterocycles. The third kappa shape index (κ3) is 2.08. The van der Waals surface area contributed by atoms with E-state index in [0.29, 0.717) is 11.7 Å². The molecule has 0 bridgehead atoms. The summed E-state index contributed by atoms with van der Waals surface area (Å²) >= 11 is 3.46. The number of aliphatic hydroxyl groups excluding tert-OH is 1. The summed E-state index contributed by atoms with van der Waals surface area (Å²) in [5.41, 5.74) is 7.40.